The van der Waals surface area contributed by atoms with Crippen LogP contribution in [0.2, 0.25) is 0 Å². The number of thiocarbonyl (C=S) groups is 1. The average molecular weight is 430 g/mol. The van der Waals surface area contributed by atoms with E-state index in [0.29, 0.717) is 42.7 Å². The highest BCUT2D eigenvalue weighted by Gasteiger charge is 2.21. The molecule has 2 N–H and O–H groups in total. The number of anilines is 2. The van der Waals surface area contributed by atoms with Crippen molar-refractivity contribution in [3.05, 3.63) is 29.8 Å². The van der Waals surface area contributed by atoms with Crippen molar-refractivity contribution in [2.75, 3.05) is 37.1 Å². The third kappa shape index (κ3) is 4.84. The summed E-state index contributed by atoms with van der Waals surface area (Å²) in [6.45, 7) is 4.89. The normalized spacial score (nSPS) is 17.9. The highest BCUT2D eigenvalue weighted by Crippen LogP contribution is 2.30. The number of aromatic nitrogens is 2. The molecule has 3 heterocycles. The van der Waals surface area contributed by atoms with E-state index >= 15 is 0 Å². The molecule has 1 fully saturated rings. The minimum Gasteiger partial charge on any atom is -0.486 e. The standard InChI is InChI=1S/C21H27N5O3S/c1-14-5-3-4-8-26(14)18-12-19(27-2)24-20(23-18)25-21(30)22-13-15-6-7-16-17(11-15)29-10-9-28-16/h6-7,11-12,14H,3-5,8-10,13H2,1-2H3,(H2,22,23,24,25,30)/t14-/m0/s1. The van der Waals surface area contributed by atoms with Crippen LogP contribution >= 0.6 is 12.2 Å². The Labute approximate surface area is 181 Å². The molecule has 0 saturated carbocycles. The fourth-order valence-corrected chi connectivity index (χ4v) is 3.85. The summed E-state index contributed by atoms with van der Waals surface area (Å²) >= 11 is 5.45. The van der Waals surface area contributed by atoms with Crippen LogP contribution in [0.25, 0.3) is 0 Å². The molecule has 4 rings (SSSR count). The maximum absolute atomic E-state index is 5.63. The number of hydrogen-bond donors (Lipinski definition) is 2. The van der Waals surface area contributed by atoms with Crippen LogP contribution in [-0.4, -0.2) is 48.0 Å². The highest BCUT2D eigenvalue weighted by atomic mass is 32.1. The van der Waals surface area contributed by atoms with E-state index in [2.05, 4.69) is 32.4 Å². The molecule has 30 heavy (non-hydrogen) atoms. The van der Waals surface area contributed by atoms with Crippen LogP contribution < -0.4 is 29.7 Å². The van der Waals surface area contributed by atoms with Crippen molar-refractivity contribution in [2.24, 2.45) is 0 Å². The van der Waals surface area contributed by atoms with Gasteiger partial charge < -0.3 is 29.7 Å². The van der Waals surface area contributed by atoms with Gasteiger partial charge in [0.2, 0.25) is 11.8 Å². The van der Waals surface area contributed by atoms with Crippen LogP contribution in [0.5, 0.6) is 17.4 Å². The number of nitrogens with zero attached hydrogens (tertiary/aromatic N) is 3. The molecule has 0 bridgehead atoms. The Hall–Kier alpha value is -2.81. The van der Waals surface area contributed by atoms with Crippen molar-refractivity contribution in [3.63, 3.8) is 0 Å². The number of benzene rings is 1. The largest absolute Gasteiger partial charge is 0.486 e. The van der Waals surface area contributed by atoms with Gasteiger partial charge in [0.15, 0.2) is 16.6 Å². The van der Waals surface area contributed by atoms with Crippen molar-refractivity contribution >= 4 is 29.1 Å². The van der Waals surface area contributed by atoms with E-state index in [4.69, 9.17) is 26.4 Å². The summed E-state index contributed by atoms with van der Waals surface area (Å²) in [5.74, 6) is 3.31. The van der Waals surface area contributed by atoms with Crippen LogP contribution in [0, 0.1) is 0 Å². The number of methoxy groups -OCH3 is 1. The second-order valence-corrected chi connectivity index (χ2v) is 7.82. The number of fused-ring (bicyclic) bond motifs is 1. The van der Waals surface area contributed by atoms with Crippen LogP contribution in [0.1, 0.15) is 31.7 Å². The van der Waals surface area contributed by atoms with Crippen molar-refractivity contribution in [1.29, 1.82) is 0 Å². The second-order valence-electron chi connectivity index (χ2n) is 7.42. The van der Waals surface area contributed by atoms with E-state index in [9.17, 15) is 0 Å². The van der Waals surface area contributed by atoms with Gasteiger partial charge in [0.25, 0.3) is 0 Å². The van der Waals surface area contributed by atoms with E-state index in [1.54, 1.807) is 7.11 Å². The average Bonchev–Trinajstić information content (AvgIpc) is 2.77. The fraction of sp³-hybridized carbons (Fsp3) is 0.476. The van der Waals surface area contributed by atoms with Crippen molar-refractivity contribution in [2.45, 2.75) is 38.8 Å². The molecule has 2 aliphatic rings. The zero-order chi connectivity index (χ0) is 20.9. The topological polar surface area (TPSA) is 80.8 Å². The zero-order valence-electron chi connectivity index (χ0n) is 17.3. The molecule has 8 nitrogen and oxygen atoms in total. The minimum absolute atomic E-state index is 0.418. The Bertz CT molecular complexity index is 910. The number of rotatable bonds is 5. The van der Waals surface area contributed by atoms with Crippen LogP contribution in [-0.2, 0) is 6.54 Å². The molecule has 0 amide bonds. The summed E-state index contributed by atoms with van der Waals surface area (Å²) in [4.78, 5) is 11.4. The summed E-state index contributed by atoms with van der Waals surface area (Å²) in [6.07, 6.45) is 3.57. The second kappa shape index (κ2) is 9.34. The molecule has 0 unspecified atom stereocenters. The first-order chi connectivity index (χ1) is 14.6. The quantitative estimate of drug-likeness (QED) is 0.697. The van der Waals surface area contributed by atoms with E-state index in [-0.39, 0.29) is 0 Å². The van der Waals surface area contributed by atoms with E-state index in [0.717, 1.165) is 42.3 Å². The van der Waals surface area contributed by atoms with Gasteiger partial charge in [-0.2, -0.15) is 9.97 Å². The summed E-state index contributed by atoms with van der Waals surface area (Å²) in [5, 5.41) is 6.71. The smallest absolute Gasteiger partial charge is 0.234 e. The van der Waals surface area contributed by atoms with Gasteiger partial charge in [-0.1, -0.05) is 6.07 Å². The molecule has 1 aromatic heterocycles. The van der Waals surface area contributed by atoms with Crippen molar-refractivity contribution in [3.8, 4) is 17.4 Å². The SMILES string of the molecule is COc1cc(N2CCCC[C@@H]2C)nc(NC(=S)NCc2ccc3c(c2)OCCO3)n1. The molecule has 1 atom stereocenters. The molecule has 160 valence electrons. The Morgan fingerprint density at radius 1 is 1.20 bits per heavy atom. The third-order valence-corrected chi connectivity index (χ3v) is 5.53. The van der Waals surface area contributed by atoms with Gasteiger partial charge in [-0.05, 0) is 56.1 Å². The molecule has 0 aliphatic carbocycles. The molecule has 0 spiro atoms. The predicted molar refractivity (Wildman–Crippen MR) is 120 cm³/mol. The van der Waals surface area contributed by atoms with Gasteiger partial charge in [-0.15, -0.1) is 0 Å². The molecule has 1 saturated heterocycles. The lowest BCUT2D eigenvalue weighted by Gasteiger charge is -2.34. The first-order valence-electron chi connectivity index (χ1n) is 10.3. The lowest BCUT2D eigenvalue weighted by atomic mass is 10.0. The third-order valence-electron chi connectivity index (χ3n) is 5.28. The molecular formula is C21H27N5O3S. The number of hydrogen-bond acceptors (Lipinski definition) is 7. The van der Waals surface area contributed by atoms with E-state index < -0.39 is 0 Å². The molecular weight excluding hydrogens is 402 g/mol. The van der Waals surface area contributed by atoms with Gasteiger partial charge in [0.1, 0.15) is 19.0 Å². The number of piperidine rings is 1. The Morgan fingerprint density at radius 3 is 2.83 bits per heavy atom. The summed E-state index contributed by atoms with van der Waals surface area (Å²) in [6, 6.07) is 8.17. The van der Waals surface area contributed by atoms with Gasteiger partial charge in [0, 0.05) is 25.2 Å². The maximum Gasteiger partial charge on any atom is 0.234 e. The molecule has 0 radical (unpaired) electrons. The fourth-order valence-electron chi connectivity index (χ4n) is 3.68. The predicted octanol–water partition coefficient (Wildman–Crippen LogP) is 3.12. The Balaban J connectivity index is 1.40. The monoisotopic (exact) mass is 429 g/mol. The van der Waals surface area contributed by atoms with Crippen LogP contribution in [0.3, 0.4) is 0 Å². The number of nitrogens with one attached hydrogen (secondary N) is 2. The molecule has 9 heteroatoms. The summed E-state index contributed by atoms with van der Waals surface area (Å²) in [5.41, 5.74) is 1.04. The number of ether oxygens (including phenoxy) is 3. The Morgan fingerprint density at radius 2 is 2.03 bits per heavy atom. The van der Waals surface area contributed by atoms with E-state index in [1.165, 1.54) is 6.42 Å². The van der Waals surface area contributed by atoms with Crippen molar-refractivity contribution in [1.82, 2.24) is 15.3 Å². The van der Waals surface area contributed by atoms with Crippen LogP contribution in [0.4, 0.5) is 11.8 Å². The molecule has 1 aromatic carbocycles. The lowest BCUT2D eigenvalue weighted by molar-refractivity contribution is 0.171. The Kier molecular flexibility index (Phi) is 6.37. The van der Waals surface area contributed by atoms with Crippen LogP contribution in [0.15, 0.2) is 24.3 Å². The minimum atomic E-state index is 0.418. The van der Waals surface area contributed by atoms with Gasteiger partial charge in [-0.3, -0.25) is 0 Å². The van der Waals surface area contributed by atoms with Crippen molar-refractivity contribution < 1.29 is 14.2 Å². The maximum atomic E-state index is 5.63. The van der Waals surface area contributed by atoms with Gasteiger partial charge in [-0.25, -0.2) is 0 Å². The molecule has 2 aromatic rings. The molecule has 2 aliphatic heterocycles. The van der Waals surface area contributed by atoms with Gasteiger partial charge >= 0.3 is 0 Å². The van der Waals surface area contributed by atoms with E-state index in [1.807, 2.05) is 24.3 Å². The van der Waals surface area contributed by atoms with Gasteiger partial charge in [0.05, 0.1) is 7.11 Å². The first-order valence-corrected chi connectivity index (χ1v) is 10.7. The first kappa shape index (κ1) is 20.5. The highest BCUT2D eigenvalue weighted by molar-refractivity contribution is 7.80. The lowest BCUT2D eigenvalue weighted by Crippen LogP contribution is -2.38. The summed E-state index contributed by atoms with van der Waals surface area (Å²) < 4.78 is 16.6. The summed E-state index contributed by atoms with van der Waals surface area (Å²) in [7, 11) is 1.61. The zero-order valence-corrected chi connectivity index (χ0v) is 18.1.